The predicted octanol–water partition coefficient (Wildman–Crippen LogP) is 1.73. The molecule has 0 N–H and O–H groups in total. The number of ether oxygens (including phenoxy) is 1. The highest BCUT2D eigenvalue weighted by Crippen LogP contribution is 2.17. The van der Waals surface area contributed by atoms with Gasteiger partial charge in [0.1, 0.15) is 0 Å². The average Bonchev–Trinajstić information content (AvgIpc) is 2.70. The van der Waals surface area contributed by atoms with Crippen molar-refractivity contribution in [1.29, 1.82) is 0 Å². The number of aromatic nitrogens is 2. The number of Topliss-reactive ketones (excluding diaryl/α,β-unsaturated/α-hetero) is 1. The molecular weight excluding hydrogens is 204 g/mol. The second-order valence-corrected chi connectivity index (χ2v) is 3.68. The number of carbonyl (C=O) groups is 1. The highest BCUT2D eigenvalue weighted by molar-refractivity contribution is 6.01. The number of rotatable bonds is 4. The van der Waals surface area contributed by atoms with Crippen LogP contribution >= 0.6 is 0 Å². The molecule has 2 aromatic heterocycles. The minimum absolute atomic E-state index is 0.0415. The molecule has 0 radical (unpaired) electrons. The van der Waals surface area contributed by atoms with Crippen LogP contribution in [0.2, 0.25) is 0 Å². The van der Waals surface area contributed by atoms with Crippen LogP contribution in [0.1, 0.15) is 22.8 Å². The van der Waals surface area contributed by atoms with Gasteiger partial charge in [0.25, 0.3) is 0 Å². The fourth-order valence-corrected chi connectivity index (χ4v) is 1.79. The van der Waals surface area contributed by atoms with Crippen LogP contribution in [0.3, 0.4) is 0 Å². The Morgan fingerprint density at radius 3 is 3.06 bits per heavy atom. The second-order valence-electron chi connectivity index (χ2n) is 3.68. The van der Waals surface area contributed by atoms with E-state index in [1.807, 2.05) is 18.3 Å². The molecule has 0 saturated heterocycles. The quantitative estimate of drug-likeness (QED) is 0.734. The van der Waals surface area contributed by atoms with E-state index < -0.39 is 0 Å². The van der Waals surface area contributed by atoms with Crippen LogP contribution in [0, 0.1) is 0 Å². The van der Waals surface area contributed by atoms with Crippen molar-refractivity contribution in [3.05, 3.63) is 35.7 Å². The zero-order chi connectivity index (χ0) is 11.5. The first kappa shape index (κ1) is 10.8. The Kier molecular flexibility index (Phi) is 3.01. The van der Waals surface area contributed by atoms with E-state index in [0.29, 0.717) is 12.2 Å². The number of methoxy groups -OCH3 is 1. The molecule has 0 bridgehead atoms. The molecule has 0 saturated carbocycles. The first-order chi connectivity index (χ1) is 7.74. The fourth-order valence-electron chi connectivity index (χ4n) is 1.79. The van der Waals surface area contributed by atoms with Crippen LogP contribution < -0.4 is 0 Å². The summed E-state index contributed by atoms with van der Waals surface area (Å²) in [5.74, 6) is 0.0415. The van der Waals surface area contributed by atoms with Crippen LogP contribution in [0.15, 0.2) is 24.5 Å². The Labute approximate surface area is 93.8 Å². The molecule has 0 atom stereocenters. The molecule has 4 heteroatoms. The number of carbonyl (C=O) groups excluding carboxylic acids is 1. The molecule has 0 aliphatic carbocycles. The van der Waals surface area contributed by atoms with E-state index in [9.17, 15) is 4.79 Å². The Balaban J connectivity index is 2.54. The maximum Gasteiger partial charge on any atom is 0.163 e. The van der Waals surface area contributed by atoms with Gasteiger partial charge in [-0.1, -0.05) is 6.07 Å². The predicted molar refractivity (Wildman–Crippen MR) is 60.8 cm³/mol. The molecule has 16 heavy (non-hydrogen) atoms. The molecular formula is C12H14N2O2. The average molecular weight is 218 g/mol. The van der Waals surface area contributed by atoms with Crippen molar-refractivity contribution in [3.8, 4) is 0 Å². The zero-order valence-electron chi connectivity index (χ0n) is 9.43. The van der Waals surface area contributed by atoms with Crippen LogP contribution in [0.4, 0.5) is 0 Å². The zero-order valence-corrected chi connectivity index (χ0v) is 9.43. The van der Waals surface area contributed by atoms with Crippen LogP contribution in [0.5, 0.6) is 0 Å². The summed E-state index contributed by atoms with van der Waals surface area (Å²) in [6.07, 6.45) is 4.25. The summed E-state index contributed by atoms with van der Waals surface area (Å²) < 4.78 is 6.79. The normalized spacial score (nSPS) is 10.9. The van der Waals surface area contributed by atoms with Crippen molar-refractivity contribution in [2.45, 2.75) is 13.3 Å². The molecule has 0 unspecified atom stereocenters. The topological polar surface area (TPSA) is 43.6 Å². The molecule has 84 valence electrons. The molecule has 2 aromatic rings. The van der Waals surface area contributed by atoms with Crippen LogP contribution in [-0.2, 0) is 11.2 Å². The molecule has 4 nitrogen and oxygen atoms in total. The van der Waals surface area contributed by atoms with Gasteiger partial charge in [0.05, 0.1) is 23.9 Å². The maximum absolute atomic E-state index is 11.5. The van der Waals surface area contributed by atoms with Gasteiger partial charge in [-0.2, -0.15) is 5.10 Å². The second kappa shape index (κ2) is 4.45. The van der Waals surface area contributed by atoms with Gasteiger partial charge in [0.2, 0.25) is 0 Å². The third kappa shape index (κ3) is 1.84. The molecule has 0 aromatic carbocycles. The van der Waals surface area contributed by atoms with Crippen molar-refractivity contribution in [1.82, 2.24) is 9.61 Å². The highest BCUT2D eigenvalue weighted by Gasteiger charge is 2.11. The fraction of sp³-hybridized carbons (Fsp3) is 0.333. The van der Waals surface area contributed by atoms with E-state index in [2.05, 4.69) is 5.10 Å². The van der Waals surface area contributed by atoms with E-state index in [1.54, 1.807) is 24.7 Å². The summed E-state index contributed by atoms with van der Waals surface area (Å²) >= 11 is 0. The standard InChI is InChI=1S/C12H14N2O2/c1-9(15)11-8-13-14-6-3-4-10(12(11)14)5-7-16-2/h3-4,6,8H,5,7H2,1-2H3. The largest absolute Gasteiger partial charge is 0.384 e. The van der Waals surface area contributed by atoms with E-state index in [4.69, 9.17) is 4.74 Å². The molecule has 0 spiro atoms. The molecule has 2 rings (SSSR count). The Hall–Kier alpha value is -1.68. The van der Waals surface area contributed by atoms with Gasteiger partial charge in [0, 0.05) is 13.3 Å². The van der Waals surface area contributed by atoms with Crippen LogP contribution in [-0.4, -0.2) is 29.1 Å². The first-order valence-corrected chi connectivity index (χ1v) is 5.19. The van der Waals surface area contributed by atoms with Gasteiger partial charge < -0.3 is 4.74 Å². The third-order valence-electron chi connectivity index (χ3n) is 2.58. The number of hydrogen-bond acceptors (Lipinski definition) is 3. The van der Waals surface area contributed by atoms with Gasteiger partial charge in [-0.05, 0) is 25.0 Å². The summed E-state index contributed by atoms with van der Waals surface area (Å²) in [6, 6.07) is 3.93. The number of ketones is 1. The number of nitrogens with zero attached hydrogens (tertiary/aromatic N) is 2. The SMILES string of the molecule is COCCc1cccn2ncc(C(C)=O)c12. The summed E-state index contributed by atoms with van der Waals surface area (Å²) in [6.45, 7) is 2.20. The van der Waals surface area contributed by atoms with Gasteiger partial charge in [-0.25, -0.2) is 4.52 Å². The van der Waals surface area contributed by atoms with Crippen molar-refractivity contribution in [2.75, 3.05) is 13.7 Å². The van der Waals surface area contributed by atoms with Gasteiger partial charge in [-0.3, -0.25) is 4.79 Å². The lowest BCUT2D eigenvalue weighted by atomic mass is 10.1. The van der Waals surface area contributed by atoms with Crippen molar-refractivity contribution in [2.24, 2.45) is 0 Å². The number of fused-ring (bicyclic) bond motifs is 1. The minimum atomic E-state index is 0.0415. The lowest BCUT2D eigenvalue weighted by molar-refractivity contribution is 0.101. The van der Waals surface area contributed by atoms with Crippen LogP contribution in [0.25, 0.3) is 5.52 Å². The van der Waals surface area contributed by atoms with Crippen molar-refractivity contribution < 1.29 is 9.53 Å². The Bertz CT molecular complexity index is 517. The summed E-state index contributed by atoms with van der Waals surface area (Å²) in [5.41, 5.74) is 2.66. The molecule has 0 amide bonds. The number of pyridine rings is 1. The van der Waals surface area contributed by atoms with Crippen molar-refractivity contribution >= 4 is 11.3 Å². The van der Waals surface area contributed by atoms with E-state index >= 15 is 0 Å². The van der Waals surface area contributed by atoms with Crippen molar-refractivity contribution in [3.63, 3.8) is 0 Å². The van der Waals surface area contributed by atoms with E-state index in [1.165, 1.54) is 0 Å². The first-order valence-electron chi connectivity index (χ1n) is 5.19. The molecule has 2 heterocycles. The lowest BCUT2D eigenvalue weighted by Crippen LogP contribution is -2.00. The highest BCUT2D eigenvalue weighted by atomic mass is 16.5. The van der Waals surface area contributed by atoms with E-state index in [-0.39, 0.29) is 5.78 Å². The van der Waals surface area contributed by atoms with Gasteiger partial charge in [0.15, 0.2) is 5.78 Å². The summed E-state index contributed by atoms with van der Waals surface area (Å²) in [7, 11) is 1.67. The summed E-state index contributed by atoms with van der Waals surface area (Å²) in [5, 5.41) is 4.16. The summed E-state index contributed by atoms with van der Waals surface area (Å²) in [4.78, 5) is 11.5. The minimum Gasteiger partial charge on any atom is -0.384 e. The third-order valence-corrected chi connectivity index (χ3v) is 2.58. The van der Waals surface area contributed by atoms with Gasteiger partial charge in [-0.15, -0.1) is 0 Å². The monoisotopic (exact) mass is 218 g/mol. The Morgan fingerprint density at radius 1 is 1.56 bits per heavy atom. The molecule has 0 aliphatic rings. The smallest absolute Gasteiger partial charge is 0.163 e. The maximum atomic E-state index is 11.5. The van der Waals surface area contributed by atoms with Gasteiger partial charge >= 0.3 is 0 Å². The molecule has 0 aliphatic heterocycles. The number of hydrogen-bond donors (Lipinski definition) is 0. The Morgan fingerprint density at radius 2 is 2.38 bits per heavy atom. The molecule has 0 fully saturated rings. The lowest BCUT2D eigenvalue weighted by Gasteiger charge is -2.04. The van der Waals surface area contributed by atoms with E-state index in [0.717, 1.165) is 17.5 Å².